The summed E-state index contributed by atoms with van der Waals surface area (Å²) in [6.07, 6.45) is 4.50. The molecule has 2 N–H and O–H groups in total. The quantitative estimate of drug-likeness (QED) is 0.714. The summed E-state index contributed by atoms with van der Waals surface area (Å²) >= 11 is 1.46. The minimum absolute atomic E-state index is 0.192. The third-order valence-electron chi connectivity index (χ3n) is 6.01. The van der Waals surface area contributed by atoms with Gasteiger partial charge in [0.15, 0.2) is 0 Å². The number of hydrogen-bond acceptors (Lipinski definition) is 5. The van der Waals surface area contributed by atoms with Gasteiger partial charge in [0.05, 0.1) is 10.5 Å². The van der Waals surface area contributed by atoms with E-state index < -0.39 is 10.0 Å². The van der Waals surface area contributed by atoms with Crippen LogP contribution in [-0.2, 0) is 22.9 Å². The molecule has 0 saturated carbocycles. The lowest BCUT2D eigenvalue weighted by Crippen LogP contribution is -2.27. The number of nitrogens with zero attached hydrogens (tertiary/aromatic N) is 1. The fraction of sp³-hybridized carbons (Fsp3) is 0.455. The predicted molar refractivity (Wildman–Crippen MR) is 121 cm³/mol. The van der Waals surface area contributed by atoms with Crippen molar-refractivity contribution in [3.63, 3.8) is 0 Å². The zero-order chi connectivity index (χ0) is 22.2. The van der Waals surface area contributed by atoms with Gasteiger partial charge in [0.1, 0.15) is 5.00 Å². The summed E-state index contributed by atoms with van der Waals surface area (Å²) in [6.45, 7) is 3.27. The molecule has 1 aliphatic carbocycles. The lowest BCUT2D eigenvalue weighted by atomic mass is 9.88. The molecule has 1 aromatic carbocycles. The smallest absolute Gasteiger partial charge is 0.256 e. The Bertz CT molecular complexity index is 1100. The number of benzene rings is 1. The molecule has 2 aliphatic rings. The van der Waals surface area contributed by atoms with E-state index in [1.54, 1.807) is 7.05 Å². The van der Waals surface area contributed by atoms with Crippen LogP contribution < -0.4 is 10.6 Å². The van der Waals surface area contributed by atoms with E-state index in [9.17, 15) is 18.0 Å². The Labute approximate surface area is 186 Å². The maximum Gasteiger partial charge on any atom is 0.256 e. The molecular formula is C22H27N3O4S2. The van der Waals surface area contributed by atoms with Crippen LogP contribution in [0.15, 0.2) is 29.2 Å². The van der Waals surface area contributed by atoms with Gasteiger partial charge in [0.25, 0.3) is 11.8 Å². The first-order valence-electron chi connectivity index (χ1n) is 10.6. The van der Waals surface area contributed by atoms with Crippen molar-refractivity contribution in [3.8, 4) is 0 Å². The van der Waals surface area contributed by atoms with Crippen LogP contribution in [0, 0.1) is 5.92 Å². The summed E-state index contributed by atoms with van der Waals surface area (Å²) in [5.74, 6) is -0.00586. The number of amides is 2. The highest BCUT2D eigenvalue weighted by Gasteiger charge is 2.29. The van der Waals surface area contributed by atoms with Crippen LogP contribution in [-0.4, -0.2) is 44.7 Å². The molecule has 0 spiro atoms. The molecular weight excluding hydrogens is 434 g/mol. The van der Waals surface area contributed by atoms with Gasteiger partial charge in [0.2, 0.25) is 10.0 Å². The van der Waals surface area contributed by atoms with E-state index in [1.165, 1.54) is 39.9 Å². The van der Waals surface area contributed by atoms with E-state index in [-0.39, 0.29) is 16.7 Å². The summed E-state index contributed by atoms with van der Waals surface area (Å²) in [5, 5.41) is 6.12. The molecule has 1 atom stereocenters. The largest absolute Gasteiger partial charge is 0.355 e. The van der Waals surface area contributed by atoms with E-state index in [2.05, 4.69) is 17.6 Å². The molecule has 0 unspecified atom stereocenters. The Morgan fingerprint density at radius 1 is 1.10 bits per heavy atom. The van der Waals surface area contributed by atoms with Gasteiger partial charge in [-0.25, -0.2) is 8.42 Å². The van der Waals surface area contributed by atoms with Gasteiger partial charge in [0, 0.05) is 30.6 Å². The monoisotopic (exact) mass is 461 g/mol. The molecule has 2 heterocycles. The number of nitrogens with one attached hydrogen (secondary N) is 2. The van der Waals surface area contributed by atoms with Crippen LogP contribution >= 0.6 is 11.3 Å². The first-order chi connectivity index (χ1) is 14.8. The second kappa shape index (κ2) is 8.72. The minimum atomic E-state index is -3.52. The fourth-order valence-electron chi connectivity index (χ4n) is 4.24. The summed E-state index contributed by atoms with van der Waals surface area (Å²) in [7, 11) is -1.93. The van der Waals surface area contributed by atoms with Crippen molar-refractivity contribution in [2.75, 3.05) is 25.5 Å². The summed E-state index contributed by atoms with van der Waals surface area (Å²) in [5.41, 5.74) is 1.93. The SMILES string of the molecule is CNC(=O)c1c(NC(=O)c2ccc(S(=O)(=O)N3CCCC3)cc2)sc2c1CC[C@H](C)C2. The van der Waals surface area contributed by atoms with E-state index in [1.807, 2.05) is 0 Å². The standard InChI is InChI=1S/C22H27N3O4S2/c1-14-5-10-17-18(13-14)30-22(19(17)21(27)23-2)24-20(26)15-6-8-16(9-7-15)31(28,29)25-11-3-4-12-25/h6-9,14H,3-5,10-13H2,1-2H3,(H,23,27)(H,24,26)/t14-/m0/s1. The highest BCUT2D eigenvalue weighted by molar-refractivity contribution is 7.89. The lowest BCUT2D eigenvalue weighted by Gasteiger charge is -2.18. The van der Waals surface area contributed by atoms with Gasteiger partial charge < -0.3 is 10.6 Å². The van der Waals surface area contributed by atoms with Crippen LogP contribution in [0.5, 0.6) is 0 Å². The first kappa shape index (κ1) is 22.0. The Hall–Kier alpha value is -2.23. The second-order valence-corrected chi connectivity index (χ2v) is 11.3. The number of rotatable bonds is 5. The molecule has 2 aromatic rings. The topological polar surface area (TPSA) is 95.6 Å². The van der Waals surface area contributed by atoms with Crippen LogP contribution in [0.2, 0.25) is 0 Å². The van der Waals surface area contributed by atoms with Gasteiger partial charge in [-0.2, -0.15) is 4.31 Å². The zero-order valence-corrected chi connectivity index (χ0v) is 19.4. The maximum atomic E-state index is 12.9. The number of sulfonamides is 1. The molecule has 0 radical (unpaired) electrons. The Morgan fingerprint density at radius 2 is 1.77 bits per heavy atom. The van der Waals surface area contributed by atoms with Gasteiger partial charge in [-0.05, 0) is 67.9 Å². The van der Waals surface area contributed by atoms with Gasteiger partial charge in [-0.15, -0.1) is 11.3 Å². The van der Waals surface area contributed by atoms with Crippen molar-refractivity contribution >= 4 is 38.2 Å². The van der Waals surface area contributed by atoms with E-state index in [4.69, 9.17) is 0 Å². The highest BCUT2D eigenvalue weighted by atomic mass is 32.2. The Morgan fingerprint density at radius 3 is 2.42 bits per heavy atom. The van der Waals surface area contributed by atoms with Crippen LogP contribution in [0.3, 0.4) is 0 Å². The van der Waals surface area contributed by atoms with Crippen LogP contribution in [0.1, 0.15) is 57.3 Å². The second-order valence-electron chi connectivity index (χ2n) is 8.22. The van der Waals surface area contributed by atoms with Crippen molar-refractivity contribution in [1.29, 1.82) is 0 Å². The van der Waals surface area contributed by atoms with Gasteiger partial charge >= 0.3 is 0 Å². The molecule has 0 bridgehead atoms. The summed E-state index contributed by atoms with van der Waals surface area (Å²) in [4.78, 5) is 26.7. The summed E-state index contributed by atoms with van der Waals surface area (Å²) < 4.78 is 26.8. The van der Waals surface area contributed by atoms with Crippen LogP contribution in [0.25, 0.3) is 0 Å². The third-order valence-corrected chi connectivity index (χ3v) is 9.09. The predicted octanol–water partition coefficient (Wildman–Crippen LogP) is 3.27. The molecule has 1 aliphatic heterocycles. The third kappa shape index (κ3) is 4.26. The van der Waals surface area contributed by atoms with Crippen molar-refractivity contribution in [2.24, 2.45) is 5.92 Å². The molecule has 166 valence electrons. The van der Waals surface area contributed by atoms with E-state index in [0.717, 1.165) is 42.5 Å². The van der Waals surface area contributed by atoms with Crippen molar-refractivity contribution in [2.45, 2.75) is 43.9 Å². The fourth-order valence-corrected chi connectivity index (χ4v) is 7.16. The average molecular weight is 462 g/mol. The lowest BCUT2D eigenvalue weighted by molar-refractivity contribution is 0.0963. The minimum Gasteiger partial charge on any atom is -0.355 e. The number of thiophene rings is 1. The van der Waals surface area contributed by atoms with Crippen molar-refractivity contribution in [3.05, 3.63) is 45.8 Å². The average Bonchev–Trinajstić information content (AvgIpc) is 3.41. The van der Waals surface area contributed by atoms with Crippen molar-refractivity contribution < 1.29 is 18.0 Å². The molecule has 31 heavy (non-hydrogen) atoms. The Balaban J connectivity index is 1.57. The molecule has 1 aromatic heterocycles. The number of carbonyl (C=O) groups excluding carboxylic acids is 2. The molecule has 7 nitrogen and oxygen atoms in total. The van der Waals surface area contributed by atoms with Gasteiger partial charge in [-0.3, -0.25) is 9.59 Å². The Kier molecular flexibility index (Phi) is 6.18. The van der Waals surface area contributed by atoms with Gasteiger partial charge in [-0.1, -0.05) is 6.92 Å². The summed E-state index contributed by atoms with van der Waals surface area (Å²) in [6, 6.07) is 5.99. The zero-order valence-electron chi connectivity index (χ0n) is 17.7. The normalized spacial score (nSPS) is 19.1. The molecule has 1 fully saturated rings. The molecule has 2 amide bonds. The maximum absolute atomic E-state index is 12.9. The number of carbonyl (C=O) groups is 2. The number of fused-ring (bicyclic) bond motifs is 1. The van der Waals surface area contributed by atoms with Crippen LogP contribution in [0.4, 0.5) is 5.00 Å². The van der Waals surface area contributed by atoms with E-state index >= 15 is 0 Å². The number of hydrogen-bond donors (Lipinski definition) is 2. The highest BCUT2D eigenvalue weighted by Crippen LogP contribution is 2.39. The first-order valence-corrected chi connectivity index (χ1v) is 12.8. The van der Waals surface area contributed by atoms with E-state index in [0.29, 0.717) is 35.1 Å². The molecule has 9 heteroatoms. The molecule has 4 rings (SSSR count). The molecule has 1 saturated heterocycles. The number of anilines is 1. The van der Waals surface area contributed by atoms with Crippen molar-refractivity contribution in [1.82, 2.24) is 9.62 Å².